The maximum atomic E-state index is 11.1. The molecule has 1 aromatic carbocycles. The topological polar surface area (TPSA) is 44.4 Å². The Kier molecular flexibility index (Phi) is 3.34. The van der Waals surface area contributed by atoms with Gasteiger partial charge in [0, 0.05) is 21.1 Å². The minimum atomic E-state index is -0.209. The number of urea groups is 1. The van der Waals surface area contributed by atoms with Gasteiger partial charge in [-0.1, -0.05) is 12.1 Å². The minimum Gasteiger partial charge on any atom is -0.376 e. The second-order valence-electron chi connectivity index (χ2n) is 3.12. The normalized spacial score (nSPS) is 9.36. The molecule has 0 fully saturated rings. The summed E-state index contributed by atoms with van der Waals surface area (Å²) in [6.07, 6.45) is 0. The molecule has 76 valence electrons. The molecule has 0 heterocycles. The van der Waals surface area contributed by atoms with E-state index in [-0.39, 0.29) is 6.03 Å². The van der Waals surface area contributed by atoms with Crippen LogP contribution in [0.1, 0.15) is 0 Å². The number of amides is 2. The van der Waals surface area contributed by atoms with Crippen LogP contribution in [-0.4, -0.2) is 27.2 Å². The highest BCUT2D eigenvalue weighted by Gasteiger charge is 2.05. The highest BCUT2D eigenvalue weighted by Crippen LogP contribution is 2.22. The molecular weight excluding hydrogens is 178 g/mol. The van der Waals surface area contributed by atoms with Gasteiger partial charge in [0.25, 0.3) is 0 Å². The summed E-state index contributed by atoms with van der Waals surface area (Å²) in [7, 11) is 5.46. The molecule has 0 aliphatic heterocycles. The molecule has 0 saturated carbocycles. The molecule has 0 bridgehead atoms. The maximum absolute atomic E-state index is 11.1. The summed E-state index contributed by atoms with van der Waals surface area (Å²) in [5.41, 5.74) is 1.79. The third-order valence-electron chi connectivity index (χ3n) is 1.86. The largest absolute Gasteiger partial charge is 0.376 e. The number of hydrogen-bond donors (Lipinski definition) is 2. The number of hydrogen-bond acceptors (Lipinski definition) is 2. The lowest BCUT2D eigenvalue weighted by Gasteiger charge is -2.17. The molecule has 2 N–H and O–H groups in total. The lowest BCUT2D eigenvalue weighted by molar-refractivity contribution is 0.254. The van der Waals surface area contributed by atoms with E-state index < -0.39 is 0 Å². The van der Waals surface area contributed by atoms with Gasteiger partial charge in [0.15, 0.2) is 0 Å². The van der Waals surface area contributed by atoms with E-state index in [0.29, 0.717) is 0 Å². The van der Waals surface area contributed by atoms with E-state index in [2.05, 4.69) is 10.6 Å². The molecule has 0 saturated heterocycles. The van der Waals surface area contributed by atoms with Crippen LogP contribution in [0.5, 0.6) is 0 Å². The zero-order valence-corrected chi connectivity index (χ0v) is 8.66. The van der Waals surface area contributed by atoms with E-state index in [1.54, 1.807) is 7.05 Å². The van der Waals surface area contributed by atoms with Gasteiger partial charge in [-0.15, -0.1) is 0 Å². The molecule has 14 heavy (non-hydrogen) atoms. The third-order valence-corrected chi connectivity index (χ3v) is 1.86. The van der Waals surface area contributed by atoms with Gasteiger partial charge >= 0.3 is 6.03 Å². The monoisotopic (exact) mass is 193 g/mol. The van der Waals surface area contributed by atoms with Crippen LogP contribution in [0, 0.1) is 0 Å². The van der Waals surface area contributed by atoms with Gasteiger partial charge in [-0.05, 0) is 12.1 Å². The van der Waals surface area contributed by atoms with Crippen molar-refractivity contribution in [2.75, 3.05) is 31.4 Å². The smallest absolute Gasteiger partial charge is 0.319 e. The Morgan fingerprint density at radius 1 is 1.29 bits per heavy atom. The quantitative estimate of drug-likeness (QED) is 0.747. The molecule has 0 unspecified atom stereocenters. The summed E-state index contributed by atoms with van der Waals surface area (Å²) in [5, 5.41) is 5.26. The van der Waals surface area contributed by atoms with Gasteiger partial charge in [-0.3, -0.25) is 0 Å². The summed E-state index contributed by atoms with van der Waals surface area (Å²) in [6.45, 7) is 0. The van der Waals surface area contributed by atoms with Crippen molar-refractivity contribution >= 4 is 17.4 Å². The number of nitrogens with zero attached hydrogens (tertiary/aromatic N) is 1. The predicted molar refractivity (Wildman–Crippen MR) is 58.8 cm³/mol. The molecule has 2 amide bonds. The first-order valence-electron chi connectivity index (χ1n) is 4.40. The fourth-order valence-electron chi connectivity index (χ4n) is 1.15. The Labute approximate surface area is 83.9 Å². The molecule has 0 aromatic heterocycles. The Hall–Kier alpha value is -1.71. The summed E-state index contributed by atoms with van der Waals surface area (Å²) in [4.78, 5) is 13.1. The number of benzene rings is 1. The van der Waals surface area contributed by atoms with Crippen LogP contribution in [0.2, 0.25) is 0 Å². The number of carbonyl (C=O) groups is 1. The summed E-state index contributed by atoms with van der Waals surface area (Å²) < 4.78 is 0. The Bertz CT molecular complexity index is 323. The summed E-state index contributed by atoms with van der Waals surface area (Å²) in [6, 6.07) is 7.43. The lowest BCUT2D eigenvalue weighted by atomic mass is 10.2. The highest BCUT2D eigenvalue weighted by molar-refractivity contribution is 5.92. The van der Waals surface area contributed by atoms with Crippen molar-refractivity contribution in [1.29, 1.82) is 0 Å². The number of rotatable bonds is 2. The van der Waals surface area contributed by atoms with E-state index in [1.165, 1.54) is 0 Å². The van der Waals surface area contributed by atoms with Gasteiger partial charge in [0.2, 0.25) is 0 Å². The van der Waals surface area contributed by atoms with Crippen molar-refractivity contribution in [3.63, 3.8) is 0 Å². The standard InChI is InChI=1S/C10H15N3O/c1-11-10(14)12-8-6-4-5-7-9(8)13(2)3/h4-7H,1-3H3,(H2,11,12,14). The zero-order valence-electron chi connectivity index (χ0n) is 8.66. The van der Waals surface area contributed by atoms with Crippen LogP contribution < -0.4 is 15.5 Å². The fraction of sp³-hybridized carbons (Fsp3) is 0.300. The third kappa shape index (κ3) is 2.39. The zero-order chi connectivity index (χ0) is 10.6. The van der Waals surface area contributed by atoms with Crippen LogP contribution in [0.3, 0.4) is 0 Å². The van der Waals surface area contributed by atoms with Crippen molar-refractivity contribution in [3.05, 3.63) is 24.3 Å². The number of anilines is 2. The van der Waals surface area contributed by atoms with Crippen LogP contribution in [0.15, 0.2) is 24.3 Å². The van der Waals surface area contributed by atoms with Crippen molar-refractivity contribution in [2.45, 2.75) is 0 Å². The van der Waals surface area contributed by atoms with Crippen LogP contribution in [-0.2, 0) is 0 Å². The second-order valence-corrected chi connectivity index (χ2v) is 3.12. The van der Waals surface area contributed by atoms with Crippen molar-refractivity contribution in [3.8, 4) is 0 Å². The molecule has 4 nitrogen and oxygen atoms in total. The van der Waals surface area contributed by atoms with Crippen LogP contribution in [0.25, 0.3) is 0 Å². The van der Waals surface area contributed by atoms with E-state index >= 15 is 0 Å². The molecule has 0 aliphatic carbocycles. The Morgan fingerprint density at radius 2 is 1.93 bits per heavy atom. The molecule has 1 rings (SSSR count). The average molecular weight is 193 g/mol. The van der Waals surface area contributed by atoms with Gasteiger partial charge < -0.3 is 15.5 Å². The number of nitrogens with one attached hydrogen (secondary N) is 2. The van der Waals surface area contributed by atoms with Crippen molar-refractivity contribution in [2.24, 2.45) is 0 Å². The molecule has 1 aromatic rings. The summed E-state index contributed by atoms with van der Waals surface area (Å²) >= 11 is 0. The first kappa shape index (κ1) is 10.4. The molecule has 0 radical (unpaired) electrons. The van der Waals surface area contributed by atoms with Gasteiger partial charge in [-0.2, -0.15) is 0 Å². The maximum Gasteiger partial charge on any atom is 0.319 e. The molecule has 0 aliphatic rings. The van der Waals surface area contributed by atoms with E-state index in [9.17, 15) is 4.79 Å². The SMILES string of the molecule is CNC(=O)Nc1ccccc1N(C)C. The van der Waals surface area contributed by atoms with E-state index in [4.69, 9.17) is 0 Å². The molecule has 4 heteroatoms. The summed E-state index contributed by atoms with van der Waals surface area (Å²) in [5.74, 6) is 0. The Balaban J connectivity index is 2.90. The van der Waals surface area contributed by atoms with E-state index in [0.717, 1.165) is 11.4 Å². The van der Waals surface area contributed by atoms with Gasteiger partial charge in [0.05, 0.1) is 11.4 Å². The Morgan fingerprint density at radius 3 is 2.50 bits per heavy atom. The van der Waals surface area contributed by atoms with Crippen LogP contribution >= 0.6 is 0 Å². The van der Waals surface area contributed by atoms with Gasteiger partial charge in [-0.25, -0.2) is 4.79 Å². The lowest BCUT2D eigenvalue weighted by Crippen LogP contribution is -2.25. The average Bonchev–Trinajstić information content (AvgIpc) is 2.18. The van der Waals surface area contributed by atoms with Crippen LogP contribution in [0.4, 0.5) is 16.2 Å². The predicted octanol–water partition coefficient (Wildman–Crippen LogP) is 1.50. The first-order chi connectivity index (χ1) is 6.65. The van der Waals surface area contributed by atoms with E-state index in [1.807, 2.05) is 43.3 Å². The number of carbonyl (C=O) groups excluding carboxylic acids is 1. The minimum absolute atomic E-state index is 0.209. The molecule has 0 spiro atoms. The molecular formula is C10H15N3O. The van der Waals surface area contributed by atoms with Crippen molar-refractivity contribution in [1.82, 2.24) is 5.32 Å². The van der Waals surface area contributed by atoms with Crippen molar-refractivity contribution < 1.29 is 4.79 Å². The highest BCUT2D eigenvalue weighted by atomic mass is 16.2. The number of para-hydroxylation sites is 2. The molecule has 0 atom stereocenters. The second kappa shape index (κ2) is 4.50. The van der Waals surface area contributed by atoms with Gasteiger partial charge in [0.1, 0.15) is 0 Å². The first-order valence-corrected chi connectivity index (χ1v) is 4.40. The fourth-order valence-corrected chi connectivity index (χ4v) is 1.15.